The summed E-state index contributed by atoms with van der Waals surface area (Å²) in [6, 6.07) is 35.8. The minimum Gasteiger partial charge on any atom is -0.481 e. The zero-order chi connectivity index (χ0) is 29.6. The Morgan fingerprint density at radius 2 is 0.833 bits per heavy atom. The molecule has 4 aromatic rings. The van der Waals surface area contributed by atoms with Crippen molar-refractivity contribution in [3.63, 3.8) is 0 Å². The summed E-state index contributed by atoms with van der Waals surface area (Å²) in [6.07, 6.45) is 2.52. The molecule has 42 heavy (non-hydrogen) atoms. The zero-order valence-electron chi connectivity index (χ0n) is 24.4. The van der Waals surface area contributed by atoms with Gasteiger partial charge in [-0.3, -0.25) is 9.59 Å². The lowest BCUT2D eigenvalue weighted by atomic mass is 10.1. The standard InChI is InChI=1S/C36H40N2O4/c1-27(41-33-21-17-31(18-22-33)29-13-7-5-8-14-29)35(39)37-25-11-3-4-12-26-38-36(40)28(2)42-34-23-19-32(20-24-34)30-15-9-6-10-16-30/h5-10,13-24,27-28H,3-4,11-12,25-26H2,1-2H3,(H,37,39)(H,38,40). The van der Waals surface area contributed by atoms with Gasteiger partial charge in [-0.2, -0.15) is 0 Å². The molecule has 2 atom stereocenters. The van der Waals surface area contributed by atoms with E-state index in [0.29, 0.717) is 24.6 Å². The summed E-state index contributed by atoms with van der Waals surface area (Å²) in [5, 5.41) is 5.90. The van der Waals surface area contributed by atoms with E-state index in [-0.39, 0.29) is 11.8 Å². The van der Waals surface area contributed by atoms with Crippen LogP contribution in [-0.4, -0.2) is 37.1 Å². The van der Waals surface area contributed by atoms with Gasteiger partial charge in [0.05, 0.1) is 0 Å². The van der Waals surface area contributed by atoms with Crippen molar-refractivity contribution >= 4 is 11.8 Å². The van der Waals surface area contributed by atoms with Crippen LogP contribution in [0.3, 0.4) is 0 Å². The molecule has 2 N–H and O–H groups in total. The number of nitrogens with one attached hydrogen (secondary N) is 2. The molecular weight excluding hydrogens is 524 g/mol. The van der Waals surface area contributed by atoms with Gasteiger partial charge in [0.15, 0.2) is 12.2 Å². The van der Waals surface area contributed by atoms with E-state index in [2.05, 4.69) is 34.9 Å². The molecule has 2 amide bonds. The van der Waals surface area contributed by atoms with Crippen LogP contribution in [0.25, 0.3) is 22.3 Å². The smallest absolute Gasteiger partial charge is 0.260 e. The Morgan fingerprint density at radius 1 is 0.500 bits per heavy atom. The number of unbranched alkanes of at least 4 members (excludes halogenated alkanes) is 3. The van der Waals surface area contributed by atoms with Gasteiger partial charge in [-0.25, -0.2) is 0 Å². The average molecular weight is 565 g/mol. The summed E-state index contributed by atoms with van der Waals surface area (Å²) in [7, 11) is 0. The molecule has 6 nitrogen and oxygen atoms in total. The molecule has 0 heterocycles. The van der Waals surface area contributed by atoms with Gasteiger partial charge in [-0.1, -0.05) is 97.8 Å². The maximum atomic E-state index is 12.4. The van der Waals surface area contributed by atoms with Crippen molar-refractivity contribution in [3.8, 4) is 33.8 Å². The average Bonchev–Trinajstić information content (AvgIpc) is 3.03. The van der Waals surface area contributed by atoms with Crippen LogP contribution in [0.1, 0.15) is 39.5 Å². The molecule has 0 fully saturated rings. The number of hydrogen-bond acceptors (Lipinski definition) is 4. The highest BCUT2D eigenvalue weighted by molar-refractivity contribution is 5.81. The van der Waals surface area contributed by atoms with E-state index in [1.54, 1.807) is 13.8 Å². The van der Waals surface area contributed by atoms with Gasteiger partial charge in [0, 0.05) is 13.1 Å². The van der Waals surface area contributed by atoms with E-state index in [9.17, 15) is 9.59 Å². The first-order valence-electron chi connectivity index (χ1n) is 14.7. The van der Waals surface area contributed by atoms with E-state index in [1.807, 2.05) is 84.9 Å². The van der Waals surface area contributed by atoms with Crippen LogP contribution in [-0.2, 0) is 9.59 Å². The fourth-order valence-corrected chi connectivity index (χ4v) is 4.54. The van der Waals surface area contributed by atoms with Crippen molar-refractivity contribution in [1.82, 2.24) is 10.6 Å². The van der Waals surface area contributed by atoms with Gasteiger partial charge in [-0.05, 0) is 73.2 Å². The van der Waals surface area contributed by atoms with Crippen molar-refractivity contribution in [2.24, 2.45) is 0 Å². The molecule has 2 unspecified atom stereocenters. The Kier molecular flexibility index (Phi) is 11.6. The second-order valence-corrected chi connectivity index (χ2v) is 10.3. The van der Waals surface area contributed by atoms with Crippen LogP contribution in [0.5, 0.6) is 11.5 Å². The number of amides is 2. The molecule has 0 spiro atoms. The molecule has 0 saturated carbocycles. The number of hydrogen-bond donors (Lipinski definition) is 2. The SMILES string of the molecule is CC(Oc1ccc(-c2ccccc2)cc1)C(=O)NCCCCCCNC(=O)C(C)Oc1ccc(-c2ccccc2)cc1. The molecule has 0 saturated heterocycles. The van der Waals surface area contributed by atoms with E-state index in [1.165, 1.54) is 0 Å². The minimum absolute atomic E-state index is 0.127. The minimum atomic E-state index is -0.575. The monoisotopic (exact) mass is 564 g/mol. The predicted octanol–water partition coefficient (Wildman–Crippen LogP) is 7.05. The van der Waals surface area contributed by atoms with Crippen LogP contribution in [0, 0.1) is 0 Å². The van der Waals surface area contributed by atoms with E-state index < -0.39 is 12.2 Å². The molecule has 4 aromatic carbocycles. The fourth-order valence-electron chi connectivity index (χ4n) is 4.54. The number of rotatable bonds is 15. The molecule has 0 aliphatic heterocycles. The molecular formula is C36H40N2O4. The summed E-state index contributed by atoms with van der Waals surface area (Å²) in [4.78, 5) is 24.9. The normalized spacial score (nSPS) is 12.1. The molecule has 218 valence electrons. The van der Waals surface area contributed by atoms with Crippen LogP contribution in [0.2, 0.25) is 0 Å². The van der Waals surface area contributed by atoms with Crippen LogP contribution in [0.15, 0.2) is 109 Å². The summed E-state index contributed by atoms with van der Waals surface area (Å²) in [6.45, 7) is 4.71. The maximum absolute atomic E-state index is 12.4. The lowest BCUT2D eigenvalue weighted by Crippen LogP contribution is -2.37. The molecule has 6 heteroatoms. The molecule has 0 radical (unpaired) electrons. The Labute approximate surface area is 249 Å². The van der Waals surface area contributed by atoms with Crippen molar-refractivity contribution in [2.45, 2.75) is 51.7 Å². The fraction of sp³-hybridized carbons (Fsp3) is 0.278. The zero-order valence-corrected chi connectivity index (χ0v) is 24.4. The summed E-state index contributed by atoms with van der Waals surface area (Å²) < 4.78 is 11.6. The first-order valence-corrected chi connectivity index (χ1v) is 14.7. The van der Waals surface area contributed by atoms with Crippen LogP contribution in [0.4, 0.5) is 0 Å². The summed E-state index contributed by atoms with van der Waals surface area (Å²) in [5.74, 6) is 1.08. The lowest BCUT2D eigenvalue weighted by molar-refractivity contribution is -0.128. The van der Waals surface area contributed by atoms with Gasteiger partial charge >= 0.3 is 0 Å². The van der Waals surface area contributed by atoms with E-state index in [0.717, 1.165) is 47.9 Å². The summed E-state index contributed by atoms with van der Waals surface area (Å²) >= 11 is 0. The quantitative estimate of drug-likeness (QED) is 0.152. The molecule has 4 rings (SSSR count). The summed E-state index contributed by atoms with van der Waals surface area (Å²) in [5.41, 5.74) is 4.49. The topological polar surface area (TPSA) is 76.7 Å². The van der Waals surface area contributed by atoms with Crippen molar-refractivity contribution in [3.05, 3.63) is 109 Å². The van der Waals surface area contributed by atoms with Gasteiger partial charge in [-0.15, -0.1) is 0 Å². The first kappa shape index (κ1) is 30.4. The second kappa shape index (κ2) is 16.0. The number of carbonyl (C=O) groups is 2. The van der Waals surface area contributed by atoms with Crippen molar-refractivity contribution < 1.29 is 19.1 Å². The van der Waals surface area contributed by atoms with E-state index >= 15 is 0 Å². The highest BCUT2D eigenvalue weighted by Crippen LogP contribution is 2.24. The highest BCUT2D eigenvalue weighted by atomic mass is 16.5. The van der Waals surface area contributed by atoms with Crippen molar-refractivity contribution in [2.75, 3.05) is 13.1 Å². The van der Waals surface area contributed by atoms with Gasteiger partial charge in [0.25, 0.3) is 11.8 Å². The Morgan fingerprint density at radius 3 is 1.19 bits per heavy atom. The van der Waals surface area contributed by atoms with Gasteiger partial charge in [0.2, 0.25) is 0 Å². The number of ether oxygens (including phenoxy) is 2. The van der Waals surface area contributed by atoms with Gasteiger partial charge < -0.3 is 20.1 Å². The predicted molar refractivity (Wildman–Crippen MR) is 168 cm³/mol. The molecule has 0 aliphatic carbocycles. The molecule has 0 aromatic heterocycles. The van der Waals surface area contributed by atoms with Crippen LogP contribution >= 0.6 is 0 Å². The third-order valence-electron chi connectivity index (χ3n) is 6.99. The lowest BCUT2D eigenvalue weighted by Gasteiger charge is -2.15. The second-order valence-electron chi connectivity index (χ2n) is 10.3. The number of benzene rings is 4. The highest BCUT2D eigenvalue weighted by Gasteiger charge is 2.15. The number of carbonyl (C=O) groups excluding carboxylic acids is 2. The van der Waals surface area contributed by atoms with E-state index in [4.69, 9.17) is 9.47 Å². The molecule has 0 aliphatic rings. The van der Waals surface area contributed by atoms with Crippen molar-refractivity contribution in [1.29, 1.82) is 0 Å². The van der Waals surface area contributed by atoms with Gasteiger partial charge in [0.1, 0.15) is 11.5 Å². The maximum Gasteiger partial charge on any atom is 0.260 e. The largest absolute Gasteiger partial charge is 0.481 e. The third-order valence-corrected chi connectivity index (χ3v) is 6.99. The Hall–Kier alpha value is -4.58. The third kappa shape index (κ3) is 9.51. The Bertz CT molecular complexity index is 1260. The Balaban J connectivity index is 1.04. The first-order chi connectivity index (χ1) is 20.5. The van der Waals surface area contributed by atoms with Crippen LogP contribution < -0.4 is 20.1 Å². The molecule has 0 bridgehead atoms.